The van der Waals surface area contributed by atoms with Crippen molar-refractivity contribution in [2.24, 2.45) is 0 Å². The topological polar surface area (TPSA) is 22.1 Å². The van der Waals surface area contributed by atoms with Gasteiger partial charge in [-0.2, -0.15) is 0 Å². The number of ether oxygens (including phenoxy) is 1. The molecule has 0 atom stereocenters. The van der Waals surface area contributed by atoms with Crippen LogP contribution in [0.25, 0.3) is 11.1 Å². The third-order valence-corrected chi connectivity index (χ3v) is 2.22. The van der Waals surface area contributed by atoms with Crippen LogP contribution in [0.2, 0.25) is 0 Å². The van der Waals surface area contributed by atoms with Gasteiger partial charge in [0.1, 0.15) is 5.82 Å². The first-order valence-corrected chi connectivity index (χ1v) is 4.66. The molecule has 0 spiro atoms. The van der Waals surface area contributed by atoms with Crippen LogP contribution in [0.4, 0.5) is 8.78 Å². The summed E-state index contributed by atoms with van der Waals surface area (Å²) in [4.78, 5) is 3.69. The summed E-state index contributed by atoms with van der Waals surface area (Å²) in [5, 5.41) is 0. The molecular weight excluding hydrogens is 212 g/mol. The Morgan fingerprint density at radius 3 is 2.44 bits per heavy atom. The Bertz CT molecular complexity index is 514. The van der Waals surface area contributed by atoms with Crippen molar-refractivity contribution in [3.05, 3.63) is 48.3 Å². The number of hydrogen-bond donors (Lipinski definition) is 0. The van der Waals surface area contributed by atoms with Gasteiger partial charge >= 0.3 is 0 Å². The van der Waals surface area contributed by atoms with E-state index in [-0.39, 0.29) is 11.3 Å². The van der Waals surface area contributed by atoms with E-state index >= 15 is 0 Å². The van der Waals surface area contributed by atoms with Gasteiger partial charge in [-0.15, -0.1) is 0 Å². The average molecular weight is 221 g/mol. The summed E-state index contributed by atoms with van der Waals surface area (Å²) in [6, 6.07) is 6.09. The highest BCUT2D eigenvalue weighted by molar-refractivity contribution is 5.70. The van der Waals surface area contributed by atoms with Crippen LogP contribution in [0.15, 0.2) is 36.7 Å². The van der Waals surface area contributed by atoms with Gasteiger partial charge in [-0.25, -0.2) is 8.78 Å². The van der Waals surface area contributed by atoms with E-state index in [2.05, 4.69) is 4.98 Å². The van der Waals surface area contributed by atoms with Gasteiger partial charge in [0.15, 0.2) is 11.6 Å². The minimum absolute atomic E-state index is 0.0000926. The van der Waals surface area contributed by atoms with Crippen molar-refractivity contribution in [1.29, 1.82) is 0 Å². The minimum atomic E-state index is -0.608. The monoisotopic (exact) mass is 221 g/mol. The number of benzene rings is 1. The van der Waals surface area contributed by atoms with E-state index in [4.69, 9.17) is 4.74 Å². The van der Waals surface area contributed by atoms with Gasteiger partial charge in [-0.1, -0.05) is 18.2 Å². The van der Waals surface area contributed by atoms with Gasteiger partial charge < -0.3 is 4.74 Å². The predicted octanol–water partition coefficient (Wildman–Crippen LogP) is 3.04. The maximum Gasteiger partial charge on any atom is 0.183 e. The summed E-state index contributed by atoms with van der Waals surface area (Å²) in [6.07, 6.45) is 2.41. The van der Waals surface area contributed by atoms with Crippen LogP contribution < -0.4 is 4.74 Å². The van der Waals surface area contributed by atoms with Crippen molar-refractivity contribution < 1.29 is 13.5 Å². The number of nitrogens with zero attached hydrogens (tertiary/aromatic N) is 1. The highest BCUT2D eigenvalue weighted by Gasteiger charge is 2.14. The van der Waals surface area contributed by atoms with E-state index in [1.807, 2.05) is 0 Å². The summed E-state index contributed by atoms with van der Waals surface area (Å²) in [7, 11) is 1.34. The van der Waals surface area contributed by atoms with Gasteiger partial charge in [0.25, 0.3) is 0 Å². The molecule has 0 saturated heterocycles. The molecule has 2 rings (SSSR count). The van der Waals surface area contributed by atoms with Crippen molar-refractivity contribution in [3.8, 4) is 16.9 Å². The van der Waals surface area contributed by atoms with Gasteiger partial charge in [0.05, 0.1) is 13.3 Å². The average Bonchev–Trinajstić information content (AvgIpc) is 2.29. The van der Waals surface area contributed by atoms with Crippen molar-refractivity contribution in [2.45, 2.75) is 0 Å². The lowest BCUT2D eigenvalue weighted by atomic mass is 10.1. The Balaban J connectivity index is 2.65. The molecule has 0 aliphatic carbocycles. The number of rotatable bonds is 2. The quantitative estimate of drug-likeness (QED) is 0.777. The van der Waals surface area contributed by atoms with Crippen molar-refractivity contribution in [1.82, 2.24) is 4.98 Å². The van der Waals surface area contributed by atoms with Crippen LogP contribution in [0, 0.1) is 11.6 Å². The summed E-state index contributed by atoms with van der Waals surface area (Å²) >= 11 is 0. The highest BCUT2D eigenvalue weighted by atomic mass is 19.1. The second-order valence-electron chi connectivity index (χ2n) is 3.18. The van der Waals surface area contributed by atoms with E-state index in [0.717, 1.165) is 6.20 Å². The zero-order valence-electron chi connectivity index (χ0n) is 8.58. The molecule has 0 fully saturated rings. The van der Waals surface area contributed by atoms with Gasteiger partial charge in [0, 0.05) is 17.3 Å². The standard InChI is InChI=1S/C12H9F2NO/c1-16-12-9(6-15-7-11(12)14)8-4-2-3-5-10(8)13/h2-7H,1H3. The van der Waals surface area contributed by atoms with Crippen LogP contribution in [0.1, 0.15) is 0 Å². The Kier molecular flexibility index (Phi) is 2.81. The molecule has 0 aliphatic rings. The van der Waals surface area contributed by atoms with Crippen LogP contribution >= 0.6 is 0 Å². The molecule has 0 saturated carbocycles. The summed E-state index contributed by atoms with van der Waals surface area (Å²) in [6.45, 7) is 0. The number of aromatic nitrogens is 1. The number of pyridine rings is 1. The normalized spacial score (nSPS) is 10.2. The SMILES string of the molecule is COc1c(F)cncc1-c1ccccc1F. The molecule has 82 valence electrons. The first-order valence-electron chi connectivity index (χ1n) is 4.66. The predicted molar refractivity (Wildman–Crippen MR) is 56.1 cm³/mol. The second-order valence-corrected chi connectivity index (χ2v) is 3.18. The maximum atomic E-state index is 13.5. The fourth-order valence-electron chi connectivity index (χ4n) is 1.50. The van der Waals surface area contributed by atoms with Crippen LogP contribution in [-0.2, 0) is 0 Å². The molecular formula is C12H9F2NO. The zero-order valence-corrected chi connectivity index (χ0v) is 8.58. The highest BCUT2D eigenvalue weighted by Crippen LogP contribution is 2.32. The molecule has 0 bridgehead atoms. The fraction of sp³-hybridized carbons (Fsp3) is 0.0833. The zero-order chi connectivity index (χ0) is 11.5. The van der Waals surface area contributed by atoms with Crippen molar-refractivity contribution >= 4 is 0 Å². The Labute approximate surface area is 91.5 Å². The second kappa shape index (κ2) is 4.26. The lowest BCUT2D eigenvalue weighted by Gasteiger charge is -2.09. The van der Waals surface area contributed by atoms with Gasteiger partial charge in [0.2, 0.25) is 0 Å². The molecule has 2 aromatic rings. The molecule has 0 radical (unpaired) electrons. The van der Waals surface area contributed by atoms with Crippen LogP contribution in [0.3, 0.4) is 0 Å². The number of hydrogen-bond acceptors (Lipinski definition) is 2. The van der Waals surface area contributed by atoms with E-state index in [1.54, 1.807) is 18.2 Å². The summed E-state index contributed by atoms with van der Waals surface area (Å²) < 4.78 is 31.8. The van der Waals surface area contributed by atoms with E-state index in [9.17, 15) is 8.78 Å². The summed E-state index contributed by atoms with van der Waals surface area (Å²) in [5.74, 6) is -1.04. The molecule has 0 unspecified atom stereocenters. The van der Waals surface area contributed by atoms with Crippen LogP contribution in [-0.4, -0.2) is 12.1 Å². The van der Waals surface area contributed by atoms with Gasteiger partial charge in [-0.05, 0) is 6.07 Å². The smallest absolute Gasteiger partial charge is 0.183 e. The third kappa shape index (κ3) is 1.74. The fourth-order valence-corrected chi connectivity index (χ4v) is 1.50. The third-order valence-electron chi connectivity index (χ3n) is 2.22. The minimum Gasteiger partial charge on any atom is -0.493 e. The van der Waals surface area contributed by atoms with E-state index in [1.165, 1.54) is 19.4 Å². The maximum absolute atomic E-state index is 13.5. The van der Waals surface area contributed by atoms with E-state index in [0.29, 0.717) is 5.56 Å². The lowest BCUT2D eigenvalue weighted by Crippen LogP contribution is -1.94. The largest absolute Gasteiger partial charge is 0.493 e. The number of methoxy groups -OCH3 is 1. The number of halogens is 2. The first kappa shape index (κ1) is 10.5. The Hall–Kier alpha value is -1.97. The van der Waals surface area contributed by atoms with Crippen molar-refractivity contribution in [2.75, 3.05) is 7.11 Å². The first-order chi connectivity index (χ1) is 7.74. The molecule has 1 heterocycles. The molecule has 2 nitrogen and oxygen atoms in total. The Morgan fingerprint density at radius 2 is 1.75 bits per heavy atom. The molecule has 0 amide bonds. The molecule has 16 heavy (non-hydrogen) atoms. The molecule has 0 aliphatic heterocycles. The molecule has 1 aromatic heterocycles. The lowest BCUT2D eigenvalue weighted by molar-refractivity contribution is 0.386. The molecule has 0 N–H and O–H groups in total. The summed E-state index contributed by atoms with van der Waals surface area (Å²) in [5.41, 5.74) is 0.576. The van der Waals surface area contributed by atoms with Gasteiger partial charge in [-0.3, -0.25) is 4.98 Å². The van der Waals surface area contributed by atoms with Crippen molar-refractivity contribution in [3.63, 3.8) is 0 Å². The van der Waals surface area contributed by atoms with Crippen LogP contribution in [0.5, 0.6) is 5.75 Å². The Morgan fingerprint density at radius 1 is 1.00 bits per heavy atom. The molecule has 4 heteroatoms. The molecule has 1 aromatic carbocycles. The van der Waals surface area contributed by atoms with E-state index < -0.39 is 11.6 Å².